The van der Waals surface area contributed by atoms with Crippen LogP contribution in [0.3, 0.4) is 0 Å². The second kappa shape index (κ2) is 8.85. The molecule has 13 heavy (non-hydrogen) atoms. The van der Waals surface area contributed by atoms with E-state index >= 15 is 0 Å². The number of thioether (sulfide) groups is 1. The minimum atomic E-state index is 0.723. The van der Waals surface area contributed by atoms with E-state index < -0.39 is 0 Å². The second-order valence-corrected chi connectivity index (χ2v) is 4.55. The summed E-state index contributed by atoms with van der Waals surface area (Å²) < 4.78 is 0. The molecule has 0 aliphatic carbocycles. The third kappa shape index (κ3) is 7.35. The van der Waals surface area contributed by atoms with Crippen molar-refractivity contribution in [1.82, 2.24) is 10.2 Å². The summed E-state index contributed by atoms with van der Waals surface area (Å²) in [6.07, 6.45) is 4.74. The Morgan fingerprint density at radius 3 is 2.69 bits per heavy atom. The van der Waals surface area contributed by atoms with Crippen molar-refractivity contribution in [1.29, 1.82) is 0 Å². The fraction of sp³-hybridized carbons (Fsp3) is 1.00. The Kier molecular flexibility index (Phi) is 9.03. The maximum atomic E-state index is 3.18. The Hall–Kier alpha value is 0.270. The zero-order valence-corrected chi connectivity index (χ0v) is 10.3. The van der Waals surface area contributed by atoms with Crippen LogP contribution in [0.1, 0.15) is 19.8 Å². The Balaban J connectivity index is 3.38. The first-order valence-corrected chi connectivity index (χ1v) is 6.45. The Morgan fingerprint density at radius 1 is 1.46 bits per heavy atom. The van der Waals surface area contributed by atoms with Gasteiger partial charge in [-0.05, 0) is 46.7 Å². The molecule has 1 N–H and O–H groups in total. The van der Waals surface area contributed by atoms with E-state index in [0.29, 0.717) is 0 Å². The molecule has 1 unspecified atom stereocenters. The van der Waals surface area contributed by atoms with Crippen molar-refractivity contribution < 1.29 is 0 Å². The molecule has 0 aromatic rings. The molecule has 0 aliphatic heterocycles. The minimum Gasteiger partial charge on any atom is -0.320 e. The van der Waals surface area contributed by atoms with E-state index in [1.807, 2.05) is 18.8 Å². The molecule has 0 saturated carbocycles. The van der Waals surface area contributed by atoms with E-state index in [9.17, 15) is 0 Å². The van der Waals surface area contributed by atoms with Gasteiger partial charge in [0.15, 0.2) is 0 Å². The van der Waals surface area contributed by atoms with Crippen LogP contribution in [0.2, 0.25) is 0 Å². The summed E-state index contributed by atoms with van der Waals surface area (Å²) in [6.45, 7) is 4.67. The van der Waals surface area contributed by atoms with Crippen LogP contribution in [0.5, 0.6) is 0 Å². The van der Waals surface area contributed by atoms with Crippen molar-refractivity contribution in [3.8, 4) is 0 Å². The molecule has 0 bridgehead atoms. The van der Waals surface area contributed by atoms with Gasteiger partial charge in [0.1, 0.15) is 0 Å². The molecule has 0 saturated heterocycles. The van der Waals surface area contributed by atoms with Crippen LogP contribution in [-0.2, 0) is 0 Å². The van der Waals surface area contributed by atoms with Crippen LogP contribution in [-0.4, -0.2) is 50.1 Å². The van der Waals surface area contributed by atoms with Gasteiger partial charge in [-0.1, -0.05) is 0 Å². The predicted molar refractivity (Wildman–Crippen MR) is 63.6 cm³/mol. The fourth-order valence-electron chi connectivity index (χ4n) is 1.25. The molecule has 0 amide bonds. The summed E-state index contributed by atoms with van der Waals surface area (Å²) >= 11 is 1.92. The van der Waals surface area contributed by atoms with Crippen LogP contribution in [0.4, 0.5) is 0 Å². The van der Waals surface area contributed by atoms with Crippen molar-refractivity contribution in [2.75, 3.05) is 39.2 Å². The first-order valence-electron chi connectivity index (χ1n) is 5.06. The molecular formula is C10H24N2S. The smallest absolute Gasteiger partial charge is 0.00720 e. The molecule has 1 atom stereocenters. The highest BCUT2D eigenvalue weighted by Gasteiger charge is 2.07. The molecule has 0 aromatic carbocycles. The number of nitrogens with one attached hydrogen (secondary N) is 1. The Labute approximate surface area is 87.5 Å². The largest absolute Gasteiger partial charge is 0.320 e. The summed E-state index contributed by atoms with van der Waals surface area (Å²) in [5.74, 6) is 1.24. The SMILES string of the molecule is CNCCCC(C)N(C)CCSC. The quantitative estimate of drug-likeness (QED) is 0.606. The second-order valence-electron chi connectivity index (χ2n) is 3.57. The van der Waals surface area contributed by atoms with Gasteiger partial charge in [-0.25, -0.2) is 0 Å². The molecule has 0 aromatic heterocycles. The lowest BCUT2D eigenvalue weighted by Gasteiger charge is -2.24. The van der Waals surface area contributed by atoms with Crippen molar-refractivity contribution in [2.24, 2.45) is 0 Å². The maximum absolute atomic E-state index is 3.18. The van der Waals surface area contributed by atoms with Crippen LogP contribution >= 0.6 is 11.8 Å². The van der Waals surface area contributed by atoms with Gasteiger partial charge in [-0.15, -0.1) is 0 Å². The van der Waals surface area contributed by atoms with E-state index in [-0.39, 0.29) is 0 Å². The summed E-state index contributed by atoms with van der Waals surface area (Å²) in [4.78, 5) is 2.45. The standard InChI is InChI=1S/C10H24N2S/c1-10(6-5-7-11-2)12(3)8-9-13-4/h10-11H,5-9H2,1-4H3. The lowest BCUT2D eigenvalue weighted by atomic mass is 10.1. The average Bonchev–Trinajstić information content (AvgIpc) is 2.14. The summed E-state index contributed by atoms with van der Waals surface area (Å²) in [6, 6.07) is 0.723. The summed E-state index contributed by atoms with van der Waals surface area (Å²) in [7, 11) is 4.24. The van der Waals surface area contributed by atoms with Gasteiger partial charge in [0.25, 0.3) is 0 Å². The molecule has 0 spiro atoms. The number of hydrogen-bond acceptors (Lipinski definition) is 3. The fourth-order valence-corrected chi connectivity index (χ4v) is 1.72. The lowest BCUT2D eigenvalue weighted by molar-refractivity contribution is 0.257. The first kappa shape index (κ1) is 13.3. The molecule has 0 aliphatic rings. The van der Waals surface area contributed by atoms with Gasteiger partial charge in [0, 0.05) is 18.3 Å². The van der Waals surface area contributed by atoms with E-state index in [0.717, 1.165) is 12.6 Å². The monoisotopic (exact) mass is 204 g/mol. The van der Waals surface area contributed by atoms with Gasteiger partial charge in [0.05, 0.1) is 0 Å². The van der Waals surface area contributed by atoms with Crippen molar-refractivity contribution in [3.63, 3.8) is 0 Å². The number of rotatable bonds is 8. The van der Waals surface area contributed by atoms with Crippen molar-refractivity contribution >= 4 is 11.8 Å². The molecule has 0 radical (unpaired) electrons. The maximum Gasteiger partial charge on any atom is 0.00720 e. The van der Waals surface area contributed by atoms with Crippen molar-refractivity contribution in [3.05, 3.63) is 0 Å². The van der Waals surface area contributed by atoms with E-state index in [1.54, 1.807) is 0 Å². The normalized spacial score (nSPS) is 13.6. The van der Waals surface area contributed by atoms with Gasteiger partial charge < -0.3 is 10.2 Å². The van der Waals surface area contributed by atoms with Gasteiger partial charge >= 0.3 is 0 Å². The summed E-state index contributed by atoms with van der Waals surface area (Å²) in [5.41, 5.74) is 0. The first-order chi connectivity index (χ1) is 6.22. The predicted octanol–water partition coefficient (Wildman–Crippen LogP) is 1.67. The minimum absolute atomic E-state index is 0.723. The lowest BCUT2D eigenvalue weighted by Crippen LogP contribution is -2.31. The number of hydrogen-bond donors (Lipinski definition) is 1. The molecular weight excluding hydrogens is 180 g/mol. The van der Waals surface area contributed by atoms with Crippen LogP contribution in [0.25, 0.3) is 0 Å². The van der Waals surface area contributed by atoms with E-state index in [4.69, 9.17) is 0 Å². The average molecular weight is 204 g/mol. The molecule has 0 heterocycles. The zero-order chi connectivity index (χ0) is 10.1. The molecule has 80 valence electrons. The molecule has 3 heteroatoms. The third-order valence-electron chi connectivity index (χ3n) is 2.45. The summed E-state index contributed by atoms with van der Waals surface area (Å²) in [5, 5.41) is 3.18. The zero-order valence-electron chi connectivity index (χ0n) is 9.47. The van der Waals surface area contributed by atoms with Crippen LogP contribution < -0.4 is 5.32 Å². The highest BCUT2D eigenvalue weighted by Crippen LogP contribution is 2.04. The van der Waals surface area contributed by atoms with E-state index in [1.165, 1.54) is 25.1 Å². The molecule has 0 rings (SSSR count). The third-order valence-corrected chi connectivity index (χ3v) is 3.04. The van der Waals surface area contributed by atoms with Crippen molar-refractivity contribution in [2.45, 2.75) is 25.8 Å². The van der Waals surface area contributed by atoms with E-state index in [2.05, 4.69) is 30.4 Å². The highest BCUT2D eigenvalue weighted by molar-refractivity contribution is 7.98. The van der Waals surface area contributed by atoms with Crippen LogP contribution in [0, 0.1) is 0 Å². The Morgan fingerprint density at radius 2 is 2.15 bits per heavy atom. The van der Waals surface area contributed by atoms with Gasteiger partial charge in [0.2, 0.25) is 0 Å². The molecule has 0 fully saturated rings. The topological polar surface area (TPSA) is 15.3 Å². The highest BCUT2D eigenvalue weighted by atomic mass is 32.2. The van der Waals surface area contributed by atoms with Gasteiger partial charge in [-0.3, -0.25) is 0 Å². The van der Waals surface area contributed by atoms with Crippen LogP contribution in [0.15, 0.2) is 0 Å². The number of nitrogens with zero attached hydrogens (tertiary/aromatic N) is 1. The molecule has 2 nitrogen and oxygen atoms in total. The Bertz CT molecular complexity index is 109. The van der Waals surface area contributed by atoms with Gasteiger partial charge in [-0.2, -0.15) is 11.8 Å².